The molecule has 3 rings (SSSR count). The molecule has 1 unspecified atom stereocenters. The SMILES string of the molecule is CNc1nnc(SCC(=O)NC(c2ccc(F)cc2)c2cccs2)s1. The largest absolute Gasteiger partial charge is 0.363 e. The zero-order valence-electron chi connectivity index (χ0n) is 13.2. The van der Waals surface area contributed by atoms with Gasteiger partial charge in [-0.2, -0.15) is 0 Å². The number of hydrogen-bond donors (Lipinski definition) is 2. The summed E-state index contributed by atoms with van der Waals surface area (Å²) in [5, 5.41) is 16.5. The second-order valence-corrected chi connectivity index (χ2v) is 8.16. The average Bonchev–Trinajstić information content (AvgIpc) is 3.30. The maximum absolute atomic E-state index is 13.2. The van der Waals surface area contributed by atoms with Crippen molar-refractivity contribution in [1.29, 1.82) is 0 Å². The number of benzene rings is 1. The van der Waals surface area contributed by atoms with E-state index in [0.29, 0.717) is 5.13 Å². The lowest BCUT2D eigenvalue weighted by Crippen LogP contribution is -2.30. The van der Waals surface area contributed by atoms with Crippen LogP contribution in [0.5, 0.6) is 0 Å². The highest BCUT2D eigenvalue weighted by Gasteiger charge is 2.18. The fraction of sp³-hybridized carbons (Fsp3) is 0.188. The predicted octanol–water partition coefficient (Wildman–Crippen LogP) is 3.78. The lowest BCUT2D eigenvalue weighted by Gasteiger charge is -2.18. The number of nitrogens with zero attached hydrogens (tertiary/aromatic N) is 2. The number of thiophene rings is 1. The zero-order valence-corrected chi connectivity index (χ0v) is 15.7. The second-order valence-electron chi connectivity index (χ2n) is 4.98. The zero-order chi connectivity index (χ0) is 17.6. The first-order valence-corrected chi connectivity index (χ1v) is 10.1. The molecule has 3 aromatic rings. The molecule has 0 aliphatic heterocycles. The Morgan fingerprint density at radius 2 is 2.08 bits per heavy atom. The van der Waals surface area contributed by atoms with Crippen molar-refractivity contribution in [2.24, 2.45) is 0 Å². The third-order valence-corrected chi connectivity index (χ3v) is 6.29. The van der Waals surface area contributed by atoms with Crippen LogP contribution in [-0.4, -0.2) is 28.9 Å². The number of carbonyl (C=O) groups is 1. The van der Waals surface area contributed by atoms with E-state index in [1.54, 1.807) is 30.5 Å². The molecule has 0 bridgehead atoms. The van der Waals surface area contributed by atoms with Crippen molar-refractivity contribution in [2.45, 2.75) is 10.4 Å². The van der Waals surface area contributed by atoms with Crippen LogP contribution < -0.4 is 10.6 Å². The highest BCUT2D eigenvalue weighted by Crippen LogP contribution is 2.28. The maximum Gasteiger partial charge on any atom is 0.231 e. The topological polar surface area (TPSA) is 66.9 Å². The second kappa shape index (κ2) is 8.41. The Bertz CT molecular complexity index is 820. The Hall–Kier alpha value is -1.97. The van der Waals surface area contributed by atoms with E-state index in [9.17, 15) is 9.18 Å². The normalized spacial score (nSPS) is 11.9. The first-order chi connectivity index (χ1) is 12.2. The van der Waals surface area contributed by atoms with Gasteiger partial charge >= 0.3 is 0 Å². The van der Waals surface area contributed by atoms with Gasteiger partial charge in [0, 0.05) is 11.9 Å². The number of rotatable bonds is 7. The van der Waals surface area contributed by atoms with E-state index in [-0.39, 0.29) is 23.5 Å². The molecule has 9 heteroatoms. The number of aromatic nitrogens is 2. The molecule has 0 spiro atoms. The molecule has 0 saturated heterocycles. The fourth-order valence-electron chi connectivity index (χ4n) is 2.13. The van der Waals surface area contributed by atoms with Crippen LogP contribution in [0.15, 0.2) is 46.1 Å². The minimum Gasteiger partial charge on any atom is -0.363 e. The van der Waals surface area contributed by atoms with Gasteiger partial charge in [-0.05, 0) is 29.1 Å². The highest BCUT2D eigenvalue weighted by atomic mass is 32.2. The van der Waals surface area contributed by atoms with E-state index in [0.717, 1.165) is 14.8 Å². The molecular formula is C16H15FN4OS3. The number of halogens is 1. The van der Waals surface area contributed by atoms with E-state index in [1.165, 1.54) is 35.2 Å². The lowest BCUT2D eigenvalue weighted by molar-refractivity contribution is -0.119. The maximum atomic E-state index is 13.2. The smallest absolute Gasteiger partial charge is 0.231 e. The third kappa shape index (κ3) is 4.77. The standard InChI is InChI=1S/C16H15FN4OS3/c1-18-15-20-21-16(25-15)24-9-13(22)19-14(12-3-2-8-23-12)10-4-6-11(17)7-5-10/h2-8,14H,9H2,1H3,(H,18,20)(H,19,22). The number of nitrogens with one attached hydrogen (secondary N) is 2. The summed E-state index contributed by atoms with van der Waals surface area (Å²) in [6.07, 6.45) is 0. The van der Waals surface area contributed by atoms with Crippen LogP contribution in [0.3, 0.4) is 0 Å². The third-order valence-electron chi connectivity index (χ3n) is 3.28. The molecule has 0 aliphatic carbocycles. The summed E-state index contributed by atoms with van der Waals surface area (Å²) < 4.78 is 13.9. The summed E-state index contributed by atoms with van der Waals surface area (Å²) in [6.45, 7) is 0. The molecule has 1 amide bonds. The van der Waals surface area contributed by atoms with Crippen LogP contribution in [0.4, 0.5) is 9.52 Å². The summed E-state index contributed by atoms with van der Waals surface area (Å²) >= 11 is 4.29. The van der Waals surface area contributed by atoms with Crippen molar-refractivity contribution in [3.05, 3.63) is 58.0 Å². The Morgan fingerprint density at radius 3 is 2.72 bits per heavy atom. The fourth-order valence-corrected chi connectivity index (χ4v) is 4.45. The minimum atomic E-state index is -0.299. The van der Waals surface area contributed by atoms with Gasteiger partial charge in [0.25, 0.3) is 0 Å². The van der Waals surface area contributed by atoms with E-state index < -0.39 is 0 Å². The van der Waals surface area contributed by atoms with Crippen LogP contribution in [0.25, 0.3) is 0 Å². The number of thioether (sulfide) groups is 1. The Kier molecular flexibility index (Phi) is 6.00. The molecule has 0 aliphatic rings. The first-order valence-electron chi connectivity index (χ1n) is 7.38. The van der Waals surface area contributed by atoms with Crippen LogP contribution in [0.1, 0.15) is 16.5 Å². The van der Waals surface area contributed by atoms with Crippen LogP contribution >= 0.6 is 34.4 Å². The molecule has 2 N–H and O–H groups in total. The summed E-state index contributed by atoms with van der Waals surface area (Å²) in [5.74, 6) is -0.178. The first kappa shape index (κ1) is 17.8. The Balaban J connectivity index is 1.67. The summed E-state index contributed by atoms with van der Waals surface area (Å²) in [4.78, 5) is 13.4. The van der Waals surface area contributed by atoms with Crippen molar-refractivity contribution < 1.29 is 9.18 Å². The Labute approximate surface area is 156 Å². The quantitative estimate of drug-likeness (QED) is 0.597. The van der Waals surface area contributed by atoms with Gasteiger partial charge in [-0.25, -0.2) is 4.39 Å². The molecule has 0 saturated carbocycles. The van der Waals surface area contributed by atoms with E-state index in [2.05, 4.69) is 20.8 Å². The van der Waals surface area contributed by atoms with Crippen molar-refractivity contribution in [2.75, 3.05) is 18.1 Å². The number of hydrogen-bond acceptors (Lipinski definition) is 7. The van der Waals surface area contributed by atoms with Gasteiger partial charge in [0.15, 0.2) is 4.34 Å². The molecule has 2 heterocycles. The van der Waals surface area contributed by atoms with Crippen molar-refractivity contribution >= 4 is 45.5 Å². The van der Waals surface area contributed by atoms with Crippen molar-refractivity contribution in [3.63, 3.8) is 0 Å². The molecular weight excluding hydrogens is 379 g/mol. The summed E-state index contributed by atoms with van der Waals surface area (Å²) in [6, 6.07) is 9.77. The molecule has 1 atom stereocenters. The van der Waals surface area contributed by atoms with E-state index in [1.807, 2.05) is 17.5 Å². The van der Waals surface area contributed by atoms with Gasteiger partial charge in [0.2, 0.25) is 11.0 Å². The monoisotopic (exact) mass is 394 g/mol. The number of anilines is 1. The van der Waals surface area contributed by atoms with E-state index >= 15 is 0 Å². The van der Waals surface area contributed by atoms with Gasteiger partial charge < -0.3 is 10.6 Å². The number of amides is 1. The highest BCUT2D eigenvalue weighted by molar-refractivity contribution is 8.01. The van der Waals surface area contributed by atoms with Gasteiger partial charge in [0.05, 0.1) is 11.8 Å². The molecule has 5 nitrogen and oxygen atoms in total. The van der Waals surface area contributed by atoms with Gasteiger partial charge in [-0.1, -0.05) is 41.3 Å². The van der Waals surface area contributed by atoms with Crippen LogP contribution in [0, 0.1) is 5.82 Å². The summed E-state index contributed by atoms with van der Waals surface area (Å²) in [7, 11) is 1.77. The van der Waals surface area contributed by atoms with Crippen LogP contribution in [0.2, 0.25) is 0 Å². The van der Waals surface area contributed by atoms with Gasteiger partial charge in [-0.3, -0.25) is 4.79 Å². The number of carbonyl (C=O) groups excluding carboxylic acids is 1. The molecule has 0 fully saturated rings. The van der Waals surface area contributed by atoms with E-state index in [4.69, 9.17) is 0 Å². The molecule has 25 heavy (non-hydrogen) atoms. The molecule has 130 valence electrons. The van der Waals surface area contributed by atoms with Gasteiger partial charge in [-0.15, -0.1) is 21.5 Å². The van der Waals surface area contributed by atoms with Crippen LogP contribution in [-0.2, 0) is 4.79 Å². The lowest BCUT2D eigenvalue weighted by atomic mass is 10.1. The van der Waals surface area contributed by atoms with Crippen molar-refractivity contribution in [3.8, 4) is 0 Å². The van der Waals surface area contributed by atoms with Crippen molar-refractivity contribution in [1.82, 2.24) is 15.5 Å². The Morgan fingerprint density at radius 1 is 1.28 bits per heavy atom. The minimum absolute atomic E-state index is 0.117. The summed E-state index contributed by atoms with van der Waals surface area (Å²) in [5.41, 5.74) is 0.843. The average molecular weight is 395 g/mol. The molecule has 0 radical (unpaired) electrons. The molecule has 2 aromatic heterocycles. The molecule has 1 aromatic carbocycles. The predicted molar refractivity (Wildman–Crippen MR) is 101 cm³/mol. The van der Waals surface area contributed by atoms with Gasteiger partial charge in [0.1, 0.15) is 5.82 Å².